The molecule has 2 rings (SSSR count). The average Bonchev–Trinajstić information content (AvgIpc) is 2.34. The van der Waals surface area contributed by atoms with Gasteiger partial charge < -0.3 is 5.73 Å². The van der Waals surface area contributed by atoms with Gasteiger partial charge in [-0.2, -0.15) is 0 Å². The predicted octanol–water partition coefficient (Wildman–Crippen LogP) is 4.35. The summed E-state index contributed by atoms with van der Waals surface area (Å²) in [6.45, 7) is 0. The van der Waals surface area contributed by atoms with E-state index in [9.17, 15) is 4.39 Å². The molecule has 0 saturated carbocycles. The van der Waals surface area contributed by atoms with Crippen LogP contribution in [0.4, 0.5) is 4.39 Å². The standard InChI is InChI=1S/C15H14BrClFN/c16-14-9-11(4-5-15(14)18)8-13(19)7-10-2-1-3-12(17)6-10/h1-6,9,13H,7-8,19H2. The maximum atomic E-state index is 13.1. The third kappa shape index (κ3) is 4.30. The van der Waals surface area contributed by atoms with Crippen molar-refractivity contribution in [3.63, 3.8) is 0 Å². The topological polar surface area (TPSA) is 26.0 Å². The van der Waals surface area contributed by atoms with Crippen molar-refractivity contribution in [2.24, 2.45) is 5.73 Å². The zero-order chi connectivity index (χ0) is 13.8. The second-order valence-corrected chi connectivity index (χ2v) is 5.84. The summed E-state index contributed by atoms with van der Waals surface area (Å²) in [6.07, 6.45) is 1.45. The Morgan fingerprint density at radius 2 is 1.79 bits per heavy atom. The molecule has 19 heavy (non-hydrogen) atoms. The van der Waals surface area contributed by atoms with Crippen molar-refractivity contribution < 1.29 is 4.39 Å². The molecule has 0 aromatic heterocycles. The normalized spacial score (nSPS) is 12.4. The highest BCUT2D eigenvalue weighted by Gasteiger charge is 2.08. The maximum absolute atomic E-state index is 13.1. The van der Waals surface area contributed by atoms with Crippen LogP contribution in [0.15, 0.2) is 46.9 Å². The Morgan fingerprint density at radius 1 is 1.11 bits per heavy atom. The molecular weight excluding hydrogens is 329 g/mol. The van der Waals surface area contributed by atoms with Crippen molar-refractivity contribution in [2.75, 3.05) is 0 Å². The minimum Gasteiger partial charge on any atom is -0.327 e. The van der Waals surface area contributed by atoms with E-state index in [4.69, 9.17) is 17.3 Å². The molecule has 2 aromatic carbocycles. The number of halogens is 3. The van der Waals surface area contributed by atoms with Gasteiger partial charge in [-0.15, -0.1) is 0 Å². The monoisotopic (exact) mass is 341 g/mol. The first kappa shape index (κ1) is 14.5. The Kier molecular flexibility index (Phi) is 4.97. The van der Waals surface area contributed by atoms with Crippen molar-refractivity contribution in [2.45, 2.75) is 18.9 Å². The van der Waals surface area contributed by atoms with Crippen LogP contribution in [0, 0.1) is 5.82 Å². The molecule has 2 aromatic rings. The van der Waals surface area contributed by atoms with Crippen LogP contribution in [0.1, 0.15) is 11.1 Å². The number of hydrogen-bond acceptors (Lipinski definition) is 1. The van der Waals surface area contributed by atoms with Crippen LogP contribution in [0.2, 0.25) is 5.02 Å². The number of rotatable bonds is 4. The first-order chi connectivity index (χ1) is 9.04. The number of nitrogens with two attached hydrogens (primary N) is 1. The Bertz CT molecular complexity index is 574. The summed E-state index contributed by atoms with van der Waals surface area (Å²) in [4.78, 5) is 0. The lowest BCUT2D eigenvalue weighted by Crippen LogP contribution is -2.25. The predicted molar refractivity (Wildman–Crippen MR) is 80.9 cm³/mol. The lowest BCUT2D eigenvalue weighted by molar-refractivity contribution is 0.617. The fourth-order valence-electron chi connectivity index (χ4n) is 2.01. The lowest BCUT2D eigenvalue weighted by atomic mass is 10.00. The van der Waals surface area contributed by atoms with Gasteiger partial charge in [-0.3, -0.25) is 0 Å². The van der Waals surface area contributed by atoms with Crippen LogP contribution in [0.5, 0.6) is 0 Å². The van der Waals surface area contributed by atoms with Crippen LogP contribution < -0.4 is 5.73 Å². The van der Waals surface area contributed by atoms with Crippen LogP contribution in [-0.4, -0.2) is 6.04 Å². The second-order valence-electron chi connectivity index (χ2n) is 4.55. The third-order valence-electron chi connectivity index (χ3n) is 2.87. The second kappa shape index (κ2) is 6.51. The van der Waals surface area contributed by atoms with Gasteiger partial charge in [0.25, 0.3) is 0 Å². The zero-order valence-corrected chi connectivity index (χ0v) is 12.6. The number of benzene rings is 2. The first-order valence-corrected chi connectivity index (χ1v) is 7.15. The van der Waals surface area contributed by atoms with Crippen molar-refractivity contribution in [3.8, 4) is 0 Å². The Morgan fingerprint density at radius 3 is 2.42 bits per heavy atom. The van der Waals surface area contributed by atoms with E-state index >= 15 is 0 Å². The Hall–Kier alpha value is -0.900. The molecule has 2 N–H and O–H groups in total. The molecule has 0 radical (unpaired) electrons. The quantitative estimate of drug-likeness (QED) is 0.878. The average molecular weight is 343 g/mol. The molecule has 0 bridgehead atoms. The highest BCUT2D eigenvalue weighted by atomic mass is 79.9. The van der Waals surface area contributed by atoms with Gasteiger partial charge in [0.15, 0.2) is 0 Å². The molecule has 100 valence electrons. The fraction of sp³-hybridized carbons (Fsp3) is 0.200. The Labute approximate surface area is 125 Å². The molecule has 0 heterocycles. The van der Waals surface area contributed by atoms with Gasteiger partial charge in [-0.25, -0.2) is 4.39 Å². The van der Waals surface area contributed by atoms with Crippen molar-refractivity contribution >= 4 is 27.5 Å². The minimum atomic E-state index is -0.257. The summed E-state index contributed by atoms with van der Waals surface area (Å²) in [7, 11) is 0. The molecule has 0 aliphatic carbocycles. The lowest BCUT2D eigenvalue weighted by Gasteiger charge is -2.12. The van der Waals surface area contributed by atoms with Gasteiger partial charge >= 0.3 is 0 Å². The van der Waals surface area contributed by atoms with Gasteiger partial charge in [-0.05, 0) is 64.2 Å². The summed E-state index contributed by atoms with van der Waals surface area (Å²) >= 11 is 9.12. The van der Waals surface area contributed by atoms with Gasteiger partial charge in [0.1, 0.15) is 5.82 Å². The minimum absolute atomic E-state index is 0.0178. The van der Waals surface area contributed by atoms with E-state index in [0.29, 0.717) is 15.9 Å². The summed E-state index contributed by atoms with van der Waals surface area (Å²) in [5, 5.41) is 0.717. The Balaban J connectivity index is 2.01. The van der Waals surface area contributed by atoms with E-state index in [2.05, 4.69) is 15.9 Å². The molecule has 0 aliphatic heterocycles. The number of hydrogen-bond donors (Lipinski definition) is 1. The van der Waals surface area contributed by atoms with Crippen molar-refractivity contribution in [1.82, 2.24) is 0 Å². The third-order valence-corrected chi connectivity index (χ3v) is 3.71. The summed E-state index contributed by atoms with van der Waals surface area (Å²) in [6, 6.07) is 12.6. The van der Waals surface area contributed by atoms with Crippen LogP contribution in [-0.2, 0) is 12.8 Å². The molecule has 0 saturated heterocycles. The molecule has 0 aliphatic rings. The van der Waals surface area contributed by atoms with E-state index in [-0.39, 0.29) is 11.9 Å². The van der Waals surface area contributed by atoms with Gasteiger partial charge in [0, 0.05) is 11.1 Å². The van der Waals surface area contributed by atoms with Crippen LogP contribution in [0.25, 0.3) is 0 Å². The van der Waals surface area contributed by atoms with E-state index in [0.717, 1.165) is 17.5 Å². The van der Waals surface area contributed by atoms with E-state index in [1.165, 1.54) is 6.07 Å². The summed E-state index contributed by atoms with van der Waals surface area (Å²) in [5.41, 5.74) is 8.25. The fourth-order valence-corrected chi connectivity index (χ4v) is 2.65. The highest BCUT2D eigenvalue weighted by molar-refractivity contribution is 9.10. The highest BCUT2D eigenvalue weighted by Crippen LogP contribution is 2.18. The largest absolute Gasteiger partial charge is 0.327 e. The molecule has 0 amide bonds. The van der Waals surface area contributed by atoms with E-state index in [1.54, 1.807) is 12.1 Å². The molecular formula is C15H14BrClFN. The maximum Gasteiger partial charge on any atom is 0.137 e. The zero-order valence-electron chi connectivity index (χ0n) is 10.2. The summed E-state index contributed by atoms with van der Waals surface area (Å²) in [5.74, 6) is -0.257. The molecule has 1 nitrogen and oxygen atoms in total. The van der Waals surface area contributed by atoms with Crippen molar-refractivity contribution in [3.05, 3.63) is 68.9 Å². The van der Waals surface area contributed by atoms with Crippen molar-refractivity contribution in [1.29, 1.82) is 0 Å². The first-order valence-electron chi connectivity index (χ1n) is 5.98. The van der Waals surface area contributed by atoms with Crippen LogP contribution >= 0.6 is 27.5 Å². The smallest absolute Gasteiger partial charge is 0.137 e. The molecule has 1 atom stereocenters. The van der Waals surface area contributed by atoms with Gasteiger partial charge in [-0.1, -0.05) is 29.8 Å². The molecule has 1 unspecified atom stereocenters. The molecule has 4 heteroatoms. The van der Waals surface area contributed by atoms with E-state index in [1.807, 2.05) is 24.3 Å². The molecule has 0 fully saturated rings. The SMILES string of the molecule is NC(Cc1cccc(Cl)c1)Cc1ccc(F)c(Br)c1. The van der Waals surface area contributed by atoms with E-state index < -0.39 is 0 Å². The molecule has 0 spiro atoms. The van der Waals surface area contributed by atoms with Gasteiger partial charge in [0.05, 0.1) is 4.47 Å². The van der Waals surface area contributed by atoms with Crippen LogP contribution in [0.3, 0.4) is 0 Å². The van der Waals surface area contributed by atoms with Gasteiger partial charge in [0.2, 0.25) is 0 Å². The summed E-state index contributed by atoms with van der Waals surface area (Å²) < 4.78 is 13.6.